The predicted molar refractivity (Wildman–Crippen MR) is 126 cm³/mol. The third kappa shape index (κ3) is 4.95. The number of hydrogen-bond acceptors (Lipinski definition) is 6. The first-order valence-electron chi connectivity index (χ1n) is 11.2. The number of aryl methyl sites for hydroxylation is 1. The zero-order valence-electron chi connectivity index (χ0n) is 19.2. The van der Waals surface area contributed by atoms with Crippen LogP contribution in [0, 0.1) is 13.8 Å². The number of esters is 1. The summed E-state index contributed by atoms with van der Waals surface area (Å²) in [5, 5.41) is 4.45. The number of Topliss-reactive ketones (excluding diaryl/α,β-unsaturated/α-hetero) is 1. The second kappa shape index (κ2) is 9.90. The summed E-state index contributed by atoms with van der Waals surface area (Å²) in [6.07, 6.45) is 1.70. The molecule has 0 atom stereocenters. The molecule has 0 spiro atoms. The normalized spacial score (nSPS) is 14.3. The van der Waals surface area contributed by atoms with Gasteiger partial charge in [0.25, 0.3) is 0 Å². The summed E-state index contributed by atoms with van der Waals surface area (Å²) in [5.41, 5.74) is 2.87. The van der Waals surface area contributed by atoms with Gasteiger partial charge in [0, 0.05) is 18.7 Å². The highest BCUT2D eigenvalue weighted by Crippen LogP contribution is 2.21. The van der Waals surface area contributed by atoms with Gasteiger partial charge in [0.1, 0.15) is 5.56 Å². The molecule has 1 saturated heterocycles. The van der Waals surface area contributed by atoms with E-state index in [4.69, 9.17) is 4.74 Å². The zero-order chi connectivity index (χ0) is 24.3. The van der Waals surface area contributed by atoms with Crippen molar-refractivity contribution < 1.29 is 22.7 Å². The number of carbonyl (C=O) groups excluding carboxylic acids is 2. The Kier molecular flexibility index (Phi) is 6.95. The number of ketones is 1. The van der Waals surface area contributed by atoms with Crippen LogP contribution in [0.1, 0.15) is 50.5 Å². The second-order valence-corrected chi connectivity index (χ2v) is 10.3. The summed E-state index contributed by atoms with van der Waals surface area (Å²) >= 11 is 0. The molecule has 0 amide bonds. The molecule has 1 aromatic heterocycles. The number of sulfonamides is 1. The average molecular weight is 482 g/mol. The molecule has 0 radical (unpaired) electrons. The van der Waals surface area contributed by atoms with Gasteiger partial charge in [0.05, 0.1) is 22.8 Å². The summed E-state index contributed by atoms with van der Waals surface area (Å²) in [6, 6.07) is 15.5. The number of hydrogen-bond donors (Lipinski definition) is 0. The van der Waals surface area contributed by atoms with Crippen LogP contribution >= 0.6 is 0 Å². The van der Waals surface area contributed by atoms with Gasteiger partial charge in [-0.15, -0.1) is 0 Å². The Morgan fingerprint density at radius 1 is 0.971 bits per heavy atom. The number of rotatable bonds is 8. The lowest BCUT2D eigenvalue weighted by atomic mass is 10.1. The monoisotopic (exact) mass is 481 g/mol. The Labute approximate surface area is 199 Å². The van der Waals surface area contributed by atoms with Gasteiger partial charge < -0.3 is 4.74 Å². The van der Waals surface area contributed by atoms with Crippen molar-refractivity contribution >= 4 is 21.8 Å². The van der Waals surface area contributed by atoms with Crippen molar-refractivity contribution in [2.75, 3.05) is 19.7 Å². The fourth-order valence-electron chi connectivity index (χ4n) is 4.08. The molecule has 0 N–H and O–H groups in total. The predicted octanol–water partition coefficient (Wildman–Crippen LogP) is 3.37. The molecule has 3 aromatic rings. The summed E-state index contributed by atoms with van der Waals surface area (Å²) in [7, 11) is -3.55. The highest BCUT2D eigenvalue weighted by Gasteiger charge is 2.27. The maximum absolute atomic E-state index is 12.7. The lowest BCUT2D eigenvalue weighted by Gasteiger charge is -2.15. The van der Waals surface area contributed by atoms with Crippen LogP contribution in [0.4, 0.5) is 0 Å². The maximum atomic E-state index is 12.7. The first kappa shape index (κ1) is 23.8. The van der Waals surface area contributed by atoms with Gasteiger partial charge in [0.15, 0.2) is 12.4 Å². The number of nitrogens with zero attached hydrogens (tertiary/aromatic N) is 3. The summed E-state index contributed by atoms with van der Waals surface area (Å²) in [6.45, 7) is 4.62. The van der Waals surface area contributed by atoms with Gasteiger partial charge in [-0.05, 0) is 56.5 Å². The number of ether oxygens (including phenoxy) is 1. The van der Waals surface area contributed by atoms with E-state index in [1.165, 1.54) is 28.6 Å². The van der Waals surface area contributed by atoms with Gasteiger partial charge >= 0.3 is 5.97 Å². The van der Waals surface area contributed by atoms with Crippen molar-refractivity contribution in [1.29, 1.82) is 0 Å². The van der Waals surface area contributed by atoms with Crippen LogP contribution in [-0.4, -0.2) is 54.0 Å². The van der Waals surface area contributed by atoms with Gasteiger partial charge in [-0.25, -0.2) is 13.2 Å². The minimum Gasteiger partial charge on any atom is -0.454 e. The van der Waals surface area contributed by atoms with E-state index >= 15 is 0 Å². The summed E-state index contributed by atoms with van der Waals surface area (Å²) in [4.78, 5) is 25.4. The zero-order valence-corrected chi connectivity index (χ0v) is 20.0. The molecule has 4 rings (SSSR count). The van der Waals surface area contributed by atoms with Crippen LogP contribution in [0.25, 0.3) is 0 Å². The van der Waals surface area contributed by atoms with Crippen LogP contribution in [0.3, 0.4) is 0 Å². The maximum Gasteiger partial charge on any atom is 0.342 e. The highest BCUT2D eigenvalue weighted by atomic mass is 32.2. The number of carbonyl (C=O) groups is 2. The average Bonchev–Trinajstić information content (AvgIpc) is 3.47. The second-order valence-electron chi connectivity index (χ2n) is 8.32. The van der Waals surface area contributed by atoms with E-state index < -0.39 is 28.4 Å². The van der Waals surface area contributed by atoms with Crippen LogP contribution in [0.15, 0.2) is 59.5 Å². The van der Waals surface area contributed by atoms with Gasteiger partial charge in [-0.2, -0.15) is 9.40 Å². The van der Waals surface area contributed by atoms with Crippen molar-refractivity contribution in [3.8, 4) is 0 Å². The standard InChI is InChI=1S/C25H27N3O5S/c1-18-24(19(2)28(26-18)16-20-8-4-3-5-9-20)25(30)33-17-23(29)21-10-12-22(13-11-21)34(31,32)27-14-6-7-15-27/h3-5,8-13H,6-7,14-17H2,1-2H3. The number of benzene rings is 2. The fraction of sp³-hybridized carbons (Fsp3) is 0.320. The van der Waals surface area contributed by atoms with E-state index in [0.29, 0.717) is 36.6 Å². The first-order valence-corrected chi connectivity index (χ1v) is 12.6. The van der Waals surface area contributed by atoms with Crippen LogP contribution in [0.2, 0.25) is 0 Å². The third-order valence-electron chi connectivity index (χ3n) is 5.97. The lowest BCUT2D eigenvalue weighted by Crippen LogP contribution is -2.27. The van der Waals surface area contributed by atoms with Crippen LogP contribution in [0.5, 0.6) is 0 Å². The molecular weight excluding hydrogens is 454 g/mol. The molecule has 1 aliphatic rings. The molecular formula is C25H27N3O5S. The molecule has 0 bridgehead atoms. The topological polar surface area (TPSA) is 98.6 Å². The Bertz CT molecular complexity index is 1290. The molecule has 1 aliphatic heterocycles. The number of aromatic nitrogens is 2. The SMILES string of the molecule is Cc1nn(Cc2ccccc2)c(C)c1C(=O)OCC(=O)c1ccc(S(=O)(=O)N2CCCC2)cc1. The molecule has 2 aromatic carbocycles. The van der Waals surface area contributed by atoms with Gasteiger partial charge in [-0.1, -0.05) is 30.3 Å². The molecule has 1 fully saturated rings. The van der Waals surface area contributed by atoms with Gasteiger partial charge in [-0.3, -0.25) is 9.48 Å². The minimum absolute atomic E-state index is 0.153. The van der Waals surface area contributed by atoms with E-state index in [1.807, 2.05) is 30.3 Å². The van der Waals surface area contributed by atoms with Crippen molar-refractivity contribution in [2.45, 2.75) is 38.1 Å². The van der Waals surface area contributed by atoms with Crippen LogP contribution < -0.4 is 0 Å². The smallest absolute Gasteiger partial charge is 0.342 e. The molecule has 8 nitrogen and oxygen atoms in total. The highest BCUT2D eigenvalue weighted by molar-refractivity contribution is 7.89. The molecule has 0 saturated carbocycles. The van der Waals surface area contributed by atoms with E-state index in [0.717, 1.165) is 18.4 Å². The first-order chi connectivity index (χ1) is 16.3. The van der Waals surface area contributed by atoms with Crippen molar-refractivity contribution in [3.63, 3.8) is 0 Å². The van der Waals surface area contributed by atoms with Crippen molar-refractivity contribution in [3.05, 3.63) is 82.7 Å². The summed E-state index contributed by atoms with van der Waals surface area (Å²) < 4.78 is 33.7. The van der Waals surface area contributed by atoms with E-state index in [1.54, 1.807) is 18.5 Å². The fourth-order valence-corrected chi connectivity index (χ4v) is 5.60. The Hall–Kier alpha value is -3.30. The van der Waals surface area contributed by atoms with Gasteiger partial charge in [0.2, 0.25) is 10.0 Å². The molecule has 34 heavy (non-hydrogen) atoms. The molecule has 0 aliphatic carbocycles. The molecule has 9 heteroatoms. The Morgan fingerprint density at radius 2 is 1.62 bits per heavy atom. The van der Waals surface area contributed by atoms with Crippen molar-refractivity contribution in [2.24, 2.45) is 0 Å². The third-order valence-corrected chi connectivity index (χ3v) is 7.89. The van der Waals surface area contributed by atoms with Crippen molar-refractivity contribution in [1.82, 2.24) is 14.1 Å². The summed E-state index contributed by atoms with van der Waals surface area (Å²) in [5.74, 6) is -1.03. The molecule has 178 valence electrons. The van der Waals surface area contributed by atoms with E-state index in [2.05, 4.69) is 5.10 Å². The Balaban J connectivity index is 1.40. The van der Waals surface area contributed by atoms with E-state index in [-0.39, 0.29) is 10.5 Å². The molecule has 2 heterocycles. The molecule has 0 unspecified atom stereocenters. The van der Waals surface area contributed by atoms with Crippen LogP contribution in [-0.2, 0) is 21.3 Å². The lowest BCUT2D eigenvalue weighted by molar-refractivity contribution is 0.0473. The Morgan fingerprint density at radius 3 is 2.26 bits per heavy atom. The largest absolute Gasteiger partial charge is 0.454 e. The quantitative estimate of drug-likeness (QED) is 0.361. The minimum atomic E-state index is -3.55. The van der Waals surface area contributed by atoms with E-state index in [9.17, 15) is 18.0 Å².